The van der Waals surface area contributed by atoms with Crippen molar-refractivity contribution in [2.75, 3.05) is 6.54 Å². The fourth-order valence-electron chi connectivity index (χ4n) is 1.85. The molecule has 1 N–H and O–H groups in total. The van der Waals surface area contributed by atoms with E-state index in [2.05, 4.69) is 12.2 Å². The molecule has 0 aliphatic carbocycles. The summed E-state index contributed by atoms with van der Waals surface area (Å²) in [6.45, 7) is 3.63. The van der Waals surface area contributed by atoms with Gasteiger partial charge in [-0.2, -0.15) is 0 Å². The van der Waals surface area contributed by atoms with Crippen molar-refractivity contribution < 1.29 is 9.13 Å². The molecule has 0 aromatic heterocycles. The molecule has 106 valence electrons. The van der Waals surface area contributed by atoms with Crippen molar-refractivity contribution in [1.29, 1.82) is 0 Å². The van der Waals surface area contributed by atoms with Crippen molar-refractivity contribution in [3.05, 3.63) is 58.9 Å². The van der Waals surface area contributed by atoms with E-state index in [9.17, 15) is 4.39 Å². The summed E-state index contributed by atoms with van der Waals surface area (Å²) in [4.78, 5) is 0. The molecule has 2 aromatic carbocycles. The maximum absolute atomic E-state index is 13.2. The molecular weight excluding hydrogens is 277 g/mol. The van der Waals surface area contributed by atoms with Crippen LogP contribution < -0.4 is 10.1 Å². The number of halogens is 2. The van der Waals surface area contributed by atoms with Crippen LogP contribution in [-0.2, 0) is 6.54 Å². The highest BCUT2D eigenvalue weighted by Gasteiger charge is 2.09. The number of hydrogen-bond acceptors (Lipinski definition) is 2. The molecule has 0 atom stereocenters. The summed E-state index contributed by atoms with van der Waals surface area (Å²) in [5.41, 5.74) is 0.881. The molecule has 0 heterocycles. The maximum atomic E-state index is 13.2. The quantitative estimate of drug-likeness (QED) is 0.775. The lowest BCUT2D eigenvalue weighted by Gasteiger charge is -2.13. The van der Waals surface area contributed by atoms with E-state index >= 15 is 0 Å². The van der Waals surface area contributed by atoms with Crippen LogP contribution in [0.15, 0.2) is 42.5 Å². The van der Waals surface area contributed by atoms with Gasteiger partial charge in [0.15, 0.2) is 0 Å². The molecule has 0 unspecified atom stereocenters. The molecule has 2 aromatic rings. The molecule has 0 saturated heterocycles. The SMILES string of the molecule is CCCNCc1c(Cl)cccc1Oc1cccc(F)c1. The molecule has 2 rings (SSSR count). The van der Waals surface area contributed by atoms with Gasteiger partial charge in [0.05, 0.1) is 0 Å². The lowest BCUT2D eigenvalue weighted by Crippen LogP contribution is -2.14. The molecule has 0 radical (unpaired) electrons. The average Bonchev–Trinajstić information content (AvgIpc) is 2.42. The van der Waals surface area contributed by atoms with Gasteiger partial charge in [-0.3, -0.25) is 0 Å². The summed E-state index contributed by atoms with van der Waals surface area (Å²) in [7, 11) is 0. The Balaban J connectivity index is 2.20. The van der Waals surface area contributed by atoms with Crippen LogP contribution in [0.2, 0.25) is 5.02 Å². The van der Waals surface area contributed by atoms with Crippen LogP contribution >= 0.6 is 11.6 Å². The Kier molecular flexibility index (Phi) is 5.39. The van der Waals surface area contributed by atoms with Crippen molar-refractivity contribution in [2.45, 2.75) is 19.9 Å². The van der Waals surface area contributed by atoms with Crippen LogP contribution in [0.25, 0.3) is 0 Å². The lowest BCUT2D eigenvalue weighted by atomic mass is 10.2. The van der Waals surface area contributed by atoms with Gasteiger partial charge >= 0.3 is 0 Å². The second-order valence-electron chi connectivity index (χ2n) is 4.45. The minimum atomic E-state index is -0.324. The summed E-state index contributed by atoms with van der Waals surface area (Å²) in [5.74, 6) is 0.783. The Morgan fingerprint density at radius 2 is 2.00 bits per heavy atom. The van der Waals surface area contributed by atoms with Gasteiger partial charge in [-0.05, 0) is 37.2 Å². The van der Waals surface area contributed by atoms with Crippen LogP contribution in [0.1, 0.15) is 18.9 Å². The third kappa shape index (κ3) is 3.95. The number of ether oxygens (including phenoxy) is 1. The van der Waals surface area contributed by atoms with E-state index in [1.165, 1.54) is 12.1 Å². The number of hydrogen-bond donors (Lipinski definition) is 1. The highest BCUT2D eigenvalue weighted by Crippen LogP contribution is 2.30. The second-order valence-corrected chi connectivity index (χ2v) is 4.86. The molecule has 0 fully saturated rings. The molecule has 0 spiro atoms. The largest absolute Gasteiger partial charge is 0.457 e. The van der Waals surface area contributed by atoms with E-state index in [-0.39, 0.29) is 5.82 Å². The fraction of sp³-hybridized carbons (Fsp3) is 0.250. The molecule has 20 heavy (non-hydrogen) atoms. The van der Waals surface area contributed by atoms with Gasteiger partial charge in [-0.1, -0.05) is 30.7 Å². The highest BCUT2D eigenvalue weighted by atomic mass is 35.5. The Labute approximate surface area is 123 Å². The zero-order valence-corrected chi connectivity index (χ0v) is 12.1. The number of nitrogens with one attached hydrogen (secondary N) is 1. The minimum Gasteiger partial charge on any atom is -0.457 e. The third-order valence-electron chi connectivity index (χ3n) is 2.83. The average molecular weight is 294 g/mol. The lowest BCUT2D eigenvalue weighted by molar-refractivity contribution is 0.467. The monoisotopic (exact) mass is 293 g/mol. The van der Waals surface area contributed by atoms with Crippen LogP contribution in [-0.4, -0.2) is 6.54 Å². The van der Waals surface area contributed by atoms with E-state index in [0.717, 1.165) is 18.5 Å². The van der Waals surface area contributed by atoms with Crippen molar-refractivity contribution in [1.82, 2.24) is 5.32 Å². The number of rotatable bonds is 6. The normalized spacial score (nSPS) is 10.6. The molecule has 4 heteroatoms. The first kappa shape index (κ1) is 14.8. The summed E-state index contributed by atoms with van der Waals surface area (Å²) in [6, 6.07) is 11.5. The van der Waals surface area contributed by atoms with Gasteiger partial charge in [0.2, 0.25) is 0 Å². The van der Waals surface area contributed by atoms with E-state index in [1.54, 1.807) is 12.1 Å². The van der Waals surface area contributed by atoms with Gasteiger partial charge in [0, 0.05) is 23.2 Å². The highest BCUT2D eigenvalue weighted by molar-refractivity contribution is 6.31. The van der Waals surface area contributed by atoms with Crippen LogP contribution in [0, 0.1) is 5.82 Å². The van der Waals surface area contributed by atoms with Crippen molar-refractivity contribution in [3.63, 3.8) is 0 Å². The summed E-state index contributed by atoms with van der Waals surface area (Å²) in [5, 5.41) is 3.93. The molecule has 0 aliphatic heterocycles. The Morgan fingerprint density at radius 1 is 1.20 bits per heavy atom. The number of benzene rings is 2. The van der Waals surface area contributed by atoms with E-state index in [4.69, 9.17) is 16.3 Å². The van der Waals surface area contributed by atoms with Crippen molar-refractivity contribution >= 4 is 11.6 Å². The predicted molar refractivity (Wildman–Crippen MR) is 79.9 cm³/mol. The van der Waals surface area contributed by atoms with Crippen LogP contribution in [0.3, 0.4) is 0 Å². The van der Waals surface area contributed by atoms with Crippen molar-refractivity contribution in [2.24, 2.45) is 0 Å². The first-order valence-corrected chi connectivity index (χ1v) is 7.00. The van der Waals surface area contributed by atoms with E-state index < -0.39 is 0 Å². The summed E-state index contributed by atoms with van der Waals surface area (Å²) < 4.78 is 18.9. The van der Waals surface area contributed by atoms with E-state index in [0.29, 0.717) is 23.1 Å². The Morgan fingerprint density at radius 3 is 2.75 bits per heavy atom. The zero-order valence-electron chi connectivity index (χ0n) is 11.3. The molecule has 0 saturated carbocycles. The molecule has 0 amide bonds. The van der Waals surface area contributed by atoms with Gasteiger partial charge in [0.1, 0.15) is 17.3 Å². The smallest absolute Gasteiger partial charge is 0.133 e. The second kappa shape index (κ2) is 7.27. The predicted octanol–water partition coefficient (Wildman–Crippen LogP) is 4.77. The van der Waals surface area contributed by atoms with Crippen molar-refractivity contribution in [3.8, 4) is 11.5 Å². The molecule has 0 bridgehead atoms. The summed E-state index contributed by atoms with van der Waals surface area (Å²) in [6.07, 6.45) is 1.05. The molecule has 2 nitrogen and oxygen atoms in total. The topological polar surface area (TPSA) is 21.3 Å². The van der Waals surface area contributed by atoms with Gasteiger partial charge in [-0.25, -0.2) is 4.39 Å². The van der Waals surface area contributed by atoms with E-state index in [1.807, 2.05) is 18.2 Å². The standard InChI is InChI=1S/C16H17ClFNO/c1-2-9-19-11-14-15(17)7-4-8-16(14)20-13-6-3-5-12(18)10-13/h3-8,10,19H,2,9,11H2,1H3. The van der Waals surface area contributed by atoms with Crippen LogP contribution in [0.5, 0.6) is 11.5 Å². The van der Waals surface area contributed by atoms with Crippen LogP contribution in [0.4, 0.5) is 4.39 Å². The van der Waals surface area contributed by atoms with Gasteiger partial charge < -0.3 is 10.1 Å². The van der Waals surface area contributed by atoms with Gasteiger partial charge in [-0.15, -0.1) is 0 Å². The molecular formula is C16H17ClFNO. The Hall–Kier alpha value is -1.58. The summed E-state index contributed by atoms with van der Waals surface area (Å²) >= 11 is 6.21. The fourth-order valence-corrected chi connectivity index (χ4v) is 2.09. The zero-order chi connectivity index (χ0) is 14.4. The maximum Gasteiger partial charge on any atom is 0.133 e. The van der Waals surface area contributed by atoms with Gasteiger partial charge in [0.25, 0.3) is 0 Å². The third-order valence-corrected chi connectivity index (χ3v) is 3.18. The molecule has 0 aliphatic rings. The minimum absolute atomic E-state index is 0.324. The Bertz CT molecular complexity index is 574. The first-order chi connectivity index (χ1) is 9.70. The first-order valence-electron chi connectivity index (χ1n) is 6.62.